The Balaban J connectivity index is 1.68. The third-order valence-corrected chi connectivity index (χ3v) is 4.81. The van der Waals surface area contributed by atoms with E-state index in [2.05, 4.69) is 0 Å². The molecule has 4 nitrogen and oxygen atoms in total. The van der Waals surface area contributed by atoms with Crippen LogP contribution in [0, 0.1) is 0 Å². The Morgan fingerprint density at radius 2 is 1.59 bits per heavy atom. The summed E-state index contributed by atoms with van der Waals surface area (Å²) in [6.45, 7) is 2.35. The zero-order valence-corrected chi connectivity index (χ0v) is 13.7. The number of carbonyl (C=O) groups excluding carboxylic acids is 3. The van der Waals surface area contributed by atoms with Crippen LogP contribution in [0.15, 0.2) is 24.3 Å². The van der Waals surface area contributed by atoms with Gasteiger partial charge in [-0.2, -0.15) is 0 Å². The number of hydrogen-bond acceptors (Lipinski definition) is 4. The van der Waals surface area contributed by atoms with Crippen LogP contribution in [0.25, 0.3) is 0 Å². The van der Waals surface area contributed by atoms with Gasteiger partial charge in [-0.1, -0.05) is 43.7 Å². The molecule has 2 rings (SSSR count). The molecular formula is C17H21NO3S. The number of fused-ring (bicyclic) bond motifs is 1. The van der Waals surface area contributed by atoms with Crippen LogP contribution in [0.5, 0.6) is 0 Å². The number of carbonyl (C=O) groups is 3. The molecule has 0 radical (unpaired) electrons. The highest BCUT2D eigenvalue weighted by Crippen LogP contribution is 2.22. The lowest BCUT2D eigenvalue weighted by Gasteiger charge is -2.13. The van der Waals surface area contributed by atoms with Gasteiger partial charge < -0.3 is 0 Å². The van der Waals surface area contributed by atoms with Crippen LogP contribution in [0.4, 0.5) is 0 Å². The van der Waals surface area contributed by atoms with Gasteiger partial charge in [0, 0.05) is 18.7 Å². The van der Waals surface area contributed by atoms with Crippen LogP contribution in [0.3, 0.4) is 0 Å². The molecule has 1 aromatic carbocycles. The Kier molecular flexibility index (Phi) is 6.19. The molecule has 0 fully saturated rings. The summed E-state index contributed by atoms with van der Waals surface area (Å²) in [5, 5.41) is 0.242. The quantitative estimate of drug-likeness (QED) is 0.543. The van der Waals surface area contributed by atoms with Gasteiger partial charge in [-0.3, -0.25) is 19.3 Å². The lowest BCUT2D eigenvalue weighted by atomic mass is 10.1. The molecule has 0 N–H and O–H groups in total. The molecule has 0 bridgehead atoms. The number of rotatable bonds is 8. The molecule has 1 aliphatic rings. The molecule has 2 amide bonds. The molecule has 118 valence electrons. The van der Waals surface area contributed by atoms with Gasteiger partial charge in [0.05, 0.1) is 11.1 Å². The summed E-state index contributed by atoms with van der Waals surface area (Å²) < 4.78 is 0. The Bertz CT molecular complexity index is 536. The highest BCUT2D eigenvalue weighted by Gasteiger charge is 2.34. The maximum Gasteiger partial charge on any atom is 0.261 e. The molecule has 0 saturated heterocycles. The standard InChI is InChI=1S/C17H21NO3S/c1-2-15(19)22-12-8-4-3-7-11-18-16(20)13-9-5-6-10-14(13)17(18)21/h5-6,9-10H,2-4,7-8,11-12H2,1H3. The zero-order valence-electron chi connectivity index (χ0n) is 12.8. The molecule has 22 heavy (non-hydrogen) atoms. The van der Waals surface area contributed by atoms with E-state index in [1.807, 2.05) is 6.92 Å². The molecule has 0 aliphatic carbocycles. The summed E-state index contributed by atoms with van der Waals surface area (Å²) in [5.41, 5.74) is 1.03. The number of thioether (sulfide) groups is 1. The van der Waals surface area contributed by atoms with Crippen molar-refractivity contribution in [1.29, 1.82) is 0 Å². The van der Waals surface area contributed by atoms with Crippen molar-refractivity contribution in [3.05, 3.63) is 35.4 Å². The number of amides is 2. The van der Waals surface area contributed by atoms with E-state index in [1.54, 1.807) is 24.3 Å². The van der Waals surface area contributed by atoms with E-state index >= 15 is 0 Å². The van der Waals surface area contributed by atoms with Gasteiger partial charge in [0.25, 0.3) is 11.8 Å². The minimum absolute atomic E-state index is 0.176. The van der Waals surface area contributed by atoms with Crippen molar-refractivity contribution in [3.8, 4) is 0 Å². The fourth-order valence-electron chi connectivity index (χ4n) is 2.46. The fraction of sp³-hybridized carbons (Fsp3) is 0.471. The highest BCUT2D eigenvalue weighted by molar-refractivity contribution is 8.13. The van der Waals surface area contributed by atoms with E-state index < -0.39 is 0 Å². The lowest BCUT2D eigenvalue weighted by Crippen LogP contribution is -2.30. The molecule has 1 aliphatic heterocycles. The van der Waals surface area contributed by atoms with E-state index in [-0.39, 0.29) is 16.9 Å². The first-order valence-electron chi connectivity index (χ1n) is 7.76. The maximum absolute atomic E-state index is 12.1. The second-order valence-corrected chi connectivity index (χ2v) is 6.45. The number of imide groups is 1. The number of nitrogens with zero attached hydrogens (tertiary/aromatic N) is 1. The van der Waals surface area contributed by atoms with E-state index in [1.165, 1.54) is 16.7 Å². The zero-order chi connectivity index (χ0) is 15.9. The van der Waals surface area contributed by atoms with Gasteiger partial charge in [-0.05, 0) is 25.0 Å². The molecule has 1 aromatic rings. The van der Waals surface area contributed by atoms with Crippen LogP contribution in [0.2, 0.25) is 0 Å². The minimum atomic E-state index is -0.176. The molecular weight excluding hydrogens is 298 g/mol. The number of unbranched alkanes of at least 4 members (excludes halogenated alkanes) is 3. The van der Waals surface area contributed by atoms with Crippen LogP contribution < -0.4 is 0 Å². The van der Waals surface area contributed by atoms with Crippen molar-refractivity contribution in [2.75, 3.05) is 12.3 Å². The summed E-state index contributed by atoms with van der Waals surface area (Å²) in [6.07, 6.45) is 4.39. The molecule has 0 unspecified atom stereocenters. The third-order valence-electron chi connectivity index (χ3n) is 3.71. The van der Waals surface area contributed by atoms with Crippen LogP contribution in [0.1, 0.15) is 59.7 Å². The van der Waals surface area contributed by atoms with Gasteiger partial charge in [0.1, 0.15) is 0 Å². The van der Waals surface area contributed by atoms with Crippen molar-refractivity contribution in [2.24, 2.45) is 0 Å². The summed E-state index contributed by atoms with van der Waals surface area (Å²) in [4.78, 5) is 36.8. The molecule has 0 spiro atoms. The van der Waals surface area contributed by atoms with E-state index in [0.717, 1.165) is 31.4 Å². The SMILES string of the molecule is CCC(=O)SCCCCCCN1C(=O)c2ccccc2C1=O. The molecule has 0 saturated carbocycles. The van der Waals surface area contributed by atoms with Crippen LogP contribution in [-0.2, 0) is 4.79 Å². The maximum atomic E-state index is 12.1. The van der Waals surface area contributed by atoms with Crippen LogP contribution >= 0.6 is 11.8 Å². The van der Waals surface area contributed by atoms with Crippen molar-refractivity contribution in [3.63, 3.8) is 0 Å². The minimum Gasteiger partial charge on any atom is -0.287 e. The first-order valence-corrected chi connectivity index (χ1v) is 8.74. The Hall–Kier alpha value is -1.62. The van der Waals surface area contributed by atoms with E-state index in [9.17, 15) is 14.4 Å². The van der Waals surface area contributed by atoms with E-state index in [4.69, 9.17) is 0 Å². The topological polar surface area (TPSA) is 54.5 Å². The Labute approximate surface area is 135 Å². The first kappa shape index (κ1) is 16.7. The summed E-state index contributed by atoms with van der Waals surface area (Å²) in [7, 11) is 0. The fourth-order valence-corrected chi connectivity index (χ4v) is 3.24. The molecule has 0 atom stereocenters. The van der Waals surface area contributed by atoms with Gasteiger partial charge >= 0.3 is 0 Å². The highest BCUT2D eigenvalue weighted by atomic mass is 32.2. The van der Waals surface area contributed by atoms with Crippen molar-refractivity contribution in [2.45, 2.75) is 39.0 Å². The average molecular weight is 319 g/mol. The summed E-state index contributed by atoms with van der Waals surface area (Å²) >= 11 is 1.39. The molecule has 1 heterocycles. The monoisotopic (exact) mass is 319 g/mol. The summed E-state index contributed by atoms with van der Waals surface area (Å²) in [5.74, 6) is 0.508. The second kappa shape index (κ2) is 8.13. The third kappa shape index (κ3) is 3.97. The summed E-state index contributed by atoms with van der Waals surface area (Å²) in [6, 6.07) is 6.97. The predicted molar refractivity (Wildman–Crippen MR) is 88.0 cm³/mol. The Morgan fingerprint density at radius 1 is 1.00 bits per heavy atom. The lowest BCUT2D eigenvalue weighted by molar-refractivity contribution is -0.110. The van der Waals surface area contributed by atoms with Gasteiger partial charge in [-0.25, -0.2) is 0 Å². The van der Waals surface area contributed by atoms with Gasteiger partial charge in [-0.15, -0.1) is 0 Å². The largest absolute Gasteiger partial charge is 0.287 e. The second-order valence-electron chi connectivity index (χ2n) is 5.30. The molecule has 0 aromatic heterocycles. The smallest absolute Gasteiger partial charge is 0.261 e. The van der Waals surface area contributed by atoms with Crippen molar-refractivity contribution >= 4 is 28.7 Å². The normalized spacial score (nSPS) is 13.6. The van der Waals surface area contributed by atoms with Crippen molar-refractivity contribution in [1.82, 2.24) is 4.90 Å². The van der Waals surface area contributed by atoms with Crippen molar-refractivity contribution < 1.29 is 14.4 Å². The number of benzene rings is 1. The van der Waals surface area contributed by atoms with Gasteiger partial charge in [0.2, 0.25) is 0 Å². The average Bonchev–Trinajstić information content (AvgIpc) is 2.78. The predicted octanol–water partition coefficient (Wildman–Crippen LogP) is 3.51. The first-order chi connectivity index (χ1) is 10.6. The number of hydrogen-bond donors (Lipinski definition) is 0. The van der Waals surface area contributed by atoms with E-state index in [0.29, 0.717) is 24.1 Å². The van der Waals surface area contributed by atoms with Gasteiger partial charge in [0.15, 0.2) is 5.12 Å². The Morgan fingerprint density at radius 3 is 2.18 bits per heavy atom. The van der Waals surface area contributed by atoms with Crippen LogP contribution in [-0.4, -0.2) is 34.1 Å². The molecule has 5 heteroatoms.